The Balaban J connectivity index is 1.20. The standard InChI is InChI=1S/C41H24N2O/c1-2-11-30-28(9-1)29-10-3-4-12-31(29)37-23-25(18-20-32(30)37)27-14-7-15-35-34-21-19-26(24-39(34)44-40(27)35)43-38-17-6-5-13-33(38)36-16-8-22-42-41(36)43/h1-24H. The summed E-state index contributed by atoms with van der Waals surface area (Å²) in [5, 5.41) is 12.2. The van der Waals surface area contributed by atoms with Gasteiger partial charge in [0, 0.05) is 39.4 Å². The molecule has 0 unspecified atom stereocenters. The van der Waals surface area contributed by atoms with Crippen LogP contribution < -0.4 is 0 Å². The Labute approximate surface area is 252 Å². The molecule has 7 aromatic carbocycles. The first-order chi connectivity index (χ1) is 21.8. The quantitative estimate of drug-likeness (QED) is 0.197. The zero-order valence-electron chi connectivity index (χ0n) is 23.7. The molecule has 0 bridgehead atoms. The van der Waals surface area contributed by atoms with Crippen LogP contribution >= 0.6 is 0 Å². The maximum atomic E-state index is 6.74. The van der Waals surface area contributed by atoms with Crippen molar-refractivity contribution in [3.8, 4) is 16.8 Å². The summed E-state index contributed by atoms with van der Waals surface area (Å²) >= 11 is 0. The first-order valence-corrected chi connectivity index (χ1v) is 15.0. The van der Waals surface area contributed by atoms with Gasteiger partial charge < -0.3 is 4.42 Å². The van der Waals surface area contributed by atoms with Crippen LogP contribution in [0.4, 0.5) is 0 Å². The minimum absolute atomic E-state index is 0.865. The Morgan fingerprint density at radius 2 is 1.09 bits per heavy atom. The summed E-state index contributed by atoms with van der Waals surface area (Å²) in [5.41, 5.74) is 7.13. The van der Waals surface area contributed by atoms with E-state index >= 15 is 0 Å². The van der Waals surface area contributed by atoms with Gasteiger partial charge in [0.05, 0.1) is 11.2 Å². The fourth-order valence-corrected chi connectivity index (χ4v) is 7.29. The highest BCUT2D eigenvalue weighted by atomic mass is 16.3. The zero-order valence-corrected chi connectivity index (χ0v) is 23.7. The monoisotopic (exact) mass is 560 g/mol. The molecule has 3 aromatic heterocycles. The molecule has 3 nitrogen and oxygen atoms in total. The minimum Gasteiger partial charge on any atom is -0.455 e. The van der Waals surface area contributed by atoms with Gasteiger partial charge in [-0.15, -0.1) is 0 Å². The van der Waals surface area contributed by atoms with Crippen LogP contribution in [-0.2, 0) is 0 Å². The van der Waals surface area contributed by atoms with E-state index in [1.807, 2.05) is 12.3 Å². The van der Waals surface area contributed by atoms with Gasteiger partial charge in [-0.3, -0.25) is 4.57 Å². The van der Waals surface area contributed by atoms with Crippen LogP contribution in [0.3, 0.4) is 0 Å². The van der Waals surface area contributed by atoms with E-state index in [1.54, 1.807) is 0 Å². The van der Waals surface area contributed by atoms with E-state index in [-0.39, 0.29) is 0 Å². The lowest BCUT2D eigenvalue weighted by Gasteiger charge is -2.12. The summed E-state index contributed by atoms with van der Waals surface area (Å²) in [4.78, 5) is 4.77. The summed E-state index contributed by atoms with van der Waals surface area (Å²) in [5.74, 6) is 0. The van der Waals surface area contributed by atoms with Crippen LogP contribution in [0.1, 0.15) is 0 Å². The normalized spacial score (nSPS) is 12.1. The Bertz CT molecular complexity index is 2690. The van der Waals surface area contributed by atoms with Crippen LogP contribution in [-0.4, -0.2) is 9.55 Å². The van der Waals surface area contributed by atoms with Crippen molar-refractivity contribution in [3.05, 3.63) is 146 Å². The van der Waals surface area contributed by atoms with E-state index < -0.39 is 0 Å². The summed E-state index contributed by atoms with van der Waals surface area (Å²) in [7, 11) is 0. The van der Waals surface area contributed by atoms with E-state index in [0.29, 0.717) is 0 Å². The molecule has 0 radical (unpaired) electrons. The molecule has 0 amide bonds. The minimum atomic E-state index is 0.865. The molecule has 204 valence electrons. The van der Waals surface area contributed by atoms with Gasteiger partial charge >= 0.3 is 0 Å². The highest BCUT2D eigenvalue weighted by molar-refractivity contribution is 6.26. The van der Waals surface area contributed by atoms with Crippen LogP contribution in [0.15, 0.2) is 150 Å². The van der Waals surface area contributed by atoms with E-state index in [9.17, 15) is 0 Å². The second-order valence-electron chi connectivity index (χ2n) is 11.5. The van der Waals surface area contributed by atoms with Gasteiger partial charge in [0.15, 0.2) is 0 Å². The smallest absolute Gasteiger partial charge is 0.145 e. The number of benzene rings is 7. The molecule has 0 saturated carbocycles. The summed E-state index contributed by atoms with van der Waals surface area (Å²) in [6.07, 6.45) is 1.86. The van der Waals surface area contributed by atoms with Crippen molar-refractivity contribution in [2.45, 2.75) is 0 Å². The first kappa shape index (κ1) is 23.6. The number of hydrogen-bond donors (Lipinski definition) is 0. The van der Waals surface area contributed by atoms with Crippen molar-refractivity contribution >= 4 is 76.2 Å². The lowest BCUT2D eigenvalue weighted by atomic mass is 9.92. The molecule has 10 aromatic rings. The lowest BCUT2D eigenvalue weighted by Crippen LogP contribution is -1.94. The van der Waals surface area contributed by atoms with Crippen molar-refractivity contribution in [1.29, 1.82) is 0 Å². The van der Waals surface area contributed by atoms with Crippen molar-refractivity contribution in [3.63, 3.8) is 0 Å². The van der Waals surface area contributed by atoms with Crippen LogP contribution in [0.5, 0.6) is 0 Å². The highest BCUT2D eigenvalue weighted by Crippen LogP contribution is 2.41. The van der Waals surface area contributed by atoms with Crippen LogP contribution in [0, 0.1) is 0 Å². The fraction of sp³-hybridized carbons (Fsp3) is 0. The molecule has 0 aliphatic rings. The van der Waals surface area contributed by atoms with Gasteiger partial charge in [0.25, 0.3) is 0 Å². The maximum Gasteiger partial charge on any atom is 0.145 e. The van der Waals surface area contributed by atoms with Crippen LogP contribution in [0.25, 0.3) is 93.0 Å². The number of hydrogen-bond acceptors (Lipinski definition) is 2. The molecule has 0 N–H and O–H groups in total. The first-order valence-electron chi connectivity index (χ1n) is 15.0. The highest BCUT2D eigenvalue weighted by Gasteiger charge is 2.17. The summed E-state index contributed by atoms with van der Waals surface area (Å²) in [6.45, 7) is 0. The van der Waals surface area contributed by atoms with Crippen molar-refractivity contribution in [1.82, 2.24) is 9.55 Å². The molecular formula is C41H24N2O. The number of aromatic nitrogens is 2. The van der Waals surface area contributed by atoms with Gasteiger partial charge in [-0.05, 0) is 74.3 Å². The molecule has 3 heteroatoms. The number of pyridine rings is 1. The van der Waals surface area contributed by atoms with E-state index in [1.165, 1.54) is 37.7 Å². The molecule has 0 saturated heterocycles. The fourth-order valence-electron chi connectivity index (χ4n) is 7.29. The zero-order chi connectivity index (χ0) is 28.8. The largest absolute Gasteiger partial charge is 0.455 e. The molecule has 0 aliphatic carbocycles. The molecular weight excluding hydrogens is 536 g/mol. The average molecular weight is 561 g/mol. The van der Waals surface area contributed by atoms with Crippen molar-refractivity contribution < 1.29 is 4.42 Å². The SMILES string of the molecule is c1cc(-c2ccc3c4ccccc4c4ccccc4c3c2)c2oc3cc(-n4c5ccccc5c5cccnc54)ccc3c2c1. The number of para-hydroxylation sites is 2. The number of furan rings is 1. The van der Waals surface area contributed by atoms with Gasteiger partial charge in [-0.2, -0.15) is 0 Å². The number of nitrogens with zero attached hydrogens (tertiary/aromatic N) is 2. The molecule has 0 aliphatic heterocycles. The van der Waals surface area contributed by atoms with Gasteiger partial charge in [0.2, 0.25) is 0 Å². The van der Waals surface area contributed by atoms with E-state index in [2.05, 4.69) is 138 Å². The molecule has 44 heavy (non-hydrogen) atoms. The lowest BCUT2D eigenvalue weighted by molar-refractivity contribution is 0.669. The Kier molecular flexibility index (Phi) is 4.72. The number of fused-ring (bicyclic) bond motifs is 12. The summed E-state index contributed by atoms with van der Waals surface area (Å²) in [6, 6.07) is 49.9. The molecule has 0 atom stereocenters. The topological polar surface area (TPSA) is 31.0 Å². The second kappa shape index (κ2) is 8.79. The Morgan fingerprint density at radius 3 is 1.89 bits per heavy atom. The van der Waals surface area contributed by atoms with Crippen molar-refractivity contribution in [2.75, 3.05) is 0 Å². The predicted molar refractivity (Wildman–Crippen MR) is 184 cm³/mol. The molecule has 10 rings (SSSR count). The summed E-state index contributed by atoms with van der Waals surface area (Å²) < 4.78 is 8.97. The molecule has 0 fully saturated rings. The Hall–Kier alpha value is -5.93. The van der Waals surface area contributed by atoms with E-state index in [0.717, 1.165) is 55.3 Å². The third-order valence-electron chi connectivity index (χ3n) is 9.23. The predicted octanol–water partition coefficient (Wildman–Crippen LogP) is 11.2. The third-order valence-corrected chi connectivity index (χ3v) is 9.23. The third kappa shape index (κ3) is 3.18. The van der Waals surface area contributed by atoms with E-state index in [4.69, 9.17) is 9.40 Å². The van der Waals surface area contributed by atoms with Gasteiger partial charge in [-0.1, -0.05) is 97.1 Å². The Morgan fingerprint density at radius 1 is 0.455 bits per heavy atom. The molecule has 3 heterocycles. The van der Waals surface area contributed by atoms with Crippen molar-refractivity contribution in [2.24, 2.45) is 0 Å². The molecule has 0 spiro atoms. The van der Waals surface area contributed by atoms with Gasteiger partial charge in [0.1, 0.15) is 16.8 Å². The van der Waals surface area contributed by atoms with Gasteiger partial charge in [-0.25, -0.2) is 4.98 Å². The maximum absolute atomic E-state index is 6.74. The van der Waals surface area contributed by atoms with Crippen LogP contribution in [0.2, 0.25) is 0 Å². The second-order valence-corrected chi connectivity index (χ2v) is 11.5. The number of rotatable bonds is 2. The average Bonchev–Trinajstić information content (AvgIpc) is 3.63.